The molecule has 0 atom stereocenters. The summed E-state index contributed by atoms with van der Waals surface area (Å²) in [4.78, 5) is 0. The van der Waals surface area contributed by atoms with Crippen LogP contribution in [0.2, 0.25) is 0 Å². The van der Waals surface area contributed by atoms with Gasteiger partial charge in [-0.1, -0.05) is 0 Å². The molecule has 44 valence electrons. The molecule has 0 aromatic rings. The molecule has 0 fully saturated rings. The maximum atomic E-state index is 9.32. The molecule has 7 heavy (non-hydrogen) atoms. The van der Waals surface area contributed by atoms with Crippen molar-refractivity contribution in [2.45, 2.75) is 0 Å². The molecule has 7 heteroatoms. The zero-order chi connectivity index (χ0) is 5.86. The number of hydrogen-bond acceptors (Lipinski definition) is 5. The summed E-state index contributed by atoms with van der Waals surface area (Å²) in [5.74, 6) is 0. The van der Waals surface area contributed by atoms with Crippen molar-refractivity contribution in [2.75, 3.05) is 0 Å². The summed E-state index contributed by atoms with van der Waals surface area (Å²) in [6.45, 7) is 0. The normalized spacial score (nSPS) is 10.9. The van der Waals surface area contributed by atoms with Gasteiger partial charge >= 0.3 is 48.3 Å². The fraction of sp³-hybridized carbons (Fsp3) is 0. The van der Waals surface area contributed by atoms with Gasteiger partial charge < -0.3 is 0 Å². The van der Waals surface area contributed by atoms with E-state index in [0.717, 1.165) is 0 Å². The molecule has 0 aromatic carbocycles. The molecule has 0 amide bonds. The molecule has 0 rings (SSSR count). The van der Waals surface area contributed by atoms with E-state index in [9.17, 15) is 15.9 Å². The van der Waals surface area contributed by atoms with E-state index in [4.69, 9.17) is 0 Å². The fourth-order valence-electron chi connectivity index (χ4n) is 0.0454. The Bertz CT molecular complexity index is 82.3. The average molecular weight is 184 g/mol. The Morgan fingerprint density at radius 3 is 1.43 bits per heavy atom. The van der Waals surface area contributed by atoms with Crippen LogP contribution in [-0.4, -0.2) is 0 Å². The van der Waals surface area contributed by atoms with Gasteiger partial charge in [0.05, 0.1) is 0 Å². The summed E-state index contributed by atoms with van der Waals surface area (Å²) in [5, 5.41) is 0. The van der Waals surface area contributed by atoms with E-state index < -0.39 is 29.5 Å². The van der Waals surface area contributed by atoms with Crippen molar-refractivity contribution in [2.24, 2.45) is 0 Å². The van der Waals surface area contributed by atoms with Crippen LogP contribution in [0.3, 0.4) is 0 Å². The van der Waals surface area contributed by atoms with Gasteiger partial charge in [-0.15, -0.1) is 0 Å². The van der Waals surface area contributed by atoms with E-state index in [1.165, 1.54) is 0 Å². The predicted octanol–water partition coefficient (Wildman–Crippen LogP) is -2.69. The Kier molecular flexibility index (Phi) is 3.81. The minimum atomic E-state index is -3.69. The minimum absolute atomic E-state index is 3.28. The Labute approximate surface area is 48.7 Å². The van der Waals surface area contributed by atoms with Crippen molar-refractivity contribution in [3.05, 3.63) is 0 Å². The average Bonchev–Trinajstić information content (AvgIpc) is 1.27. The molecule has 0 unspecified atom stereocenters. The second-order valence-corrected chi connectivity index (χ2v) is 2.84. The summed E-state index contributed by atoms with van der Waals surface area (Å²) < 4.78 is 40.5. The predicted molar refractivity (Wildman–Crippen MR) is 2.46 cm³/mol. The molecule has 0 aliphatic carbocycles. The van der Waals surface area contributed by atoms with E-state index in [1.807, 2.05) is 0 Å². The van der Waals surface area contributed by atoms with Crippen molar-refractivity contribution in [1.29, 1.82) is 0 Å². The van der Waals surface area contributed by atoms with Crippen LogP contribution in [0.15, 0.2) is 0 Å². The molecular weight excluding hydrogens is 184 g/mol. The molecule has 0 spiro atoms. The van der Waals surface area contributed by atoms with Crippen LogP contribution < -0.4 is 8.32 Å². The van der Waals surface area contributed by atoms with Gasteiger partial charge in [0.15, 0.2) is 0 Å². The first-order valence-corrected chi connectivity index (χ1v) is 4.12. The summed E-state index contributed by atoms with van der Waals surface area (Å²) in [7, 11) is 0. The SMILES string of the molecule is [O]=[Cr]([O-])[O][Cr](=[O])[O-]. The molecule has 0 saturated heterocycles. The van der Waals surface area contributed by atoms with Gasteiger partial charge in [0.1, 0.15) is 0 Å². The number of rotatable bonds is 2. The van der Waals surface area contributed by atoms with Gasteiger partial charge in [0.25, 0.3) is 0 Å². The van der Waals surface area contributed by atoms with Gasteiger partial charge in [-0.25, -0.2) is 0 Å². The zero-order valence-electron chi connectivity index (χ0n) is 2.86. The molecule has 0 radical (unpaired) electrons. The topological polar surface area (TPSA) is 89.5 Å². The molecule has 0 aliphatic heterocycles. The van der Waals surface area contributed by atoms with Crippen LogP contribution in [0.1, 0.15) is 0 Å². The van der Waals surface area contributed by atoms with Crippen molar-refractivity contribution in [3.63, 3.8) is 0 Å². The third-order valence-corrected chi connectivity index (χ3v) is 1.89. The van der Waals surface area contributed by atoms with E-state index in [2.05, 4.69) is 2.84 Å². The Morgan fingerprint density at radius 1 is 1.14 bits per heavy atom. The van der Waals surface area contributed by atoms with E-state index >= 15 is 0 Å². The van der Waals surface area contributed by atoms with Crippen molar-refractivity contribution < 1.29 is 48.3 Å². The van der Waals surface area contributed by atoms with Crippen LogP contribution in [0, 0.1) is 0 Å². The van der Waals surface area contributed by atoms with Crippen LogP contribution in [0.25, 0.3) is 0 Å². The van der Waals surface area contributed by atoms with Crippen molar-refractivity contribution in [1.82, 2.24) is 0 Å². The Morgan fingerprint density at radius 2 is 1.43 bits per heavy atom. The maximum absolute atomic E-state index is 9.32. The van der Waals surface area contributed by atoms with E-state index in [0.29, 0.717) is 0 Å². The molecular formula is Cr2O5-2. The van der Waals surface area contributed by atoms with Crippen LogP contribution in [0.4, 0.5) is 0 Å². The summed E-state index contributed by atoms with van der Waals surface area (Å²) >= 11 is -7.38. The summed E-state index contributed by atoms with van der Waals surface area (Å²) in [6.07, 6.45) is 0. The van der Waals surface area contributed by atoms with Crippen LogP contribution in [0.5, 0.6) is 0 Å². The van der Waals surface area contributed by atoms with Gasteiger partial charge in [0, 0.05) is 0 Å². The molecule has 0 bridgehead atoms. The monoisotopic (exact) mass is 184 g/mol. The first-order valence-electron chi connectivity index (χ1n) is 1.00. The van der Waals surface area contributed by atoms with E-state index in [1.54, 1.807) is 0 Å². The zero-order valence-corrected chi connectivity index (χ0v) is 5.41. The van der Waals surface area contributed by atoms with Gasteiger partial charge in [0.2, 0.25) is 0 Å². The summed E-state index contributed by atoms with van der Waals surface area (Å²) in [5.41, 5.74) is 0. The molecule has 5 nitrogen and oxygen atoms in total. The third-order valence-electron chi connectivity index (χ3n) is 0.111. The molecule has 0 heterocycles. The third kappa shape index (κ3) is 6.54. The standard InChI is InChI=1S/2Cr.5O/q;;;;;2*-1. The van der Waals surface area contributed by atoms with Crippen molar-refractivity contribution >= 4 is 0 Å². The quantitative estimate of drug-likeness (QED) is 0.466. The van der Waals surface area contributed by atoms with Crippen LogP contribution >= 0.6 is 0 Å². The Hall–Kier alpha value is 0.545. The van der Waals surface area contributed by atoms with Gasteiger partial charge in [-0.2, -0.15) is 0 Å². The molecule has 0 aliphatic rings. The first-order chi connectivity index (χ1) is 3.13. The first kappa shape index (κ1) is 7.54. The van der Waals surface area contributed by atoms with Gasteiger partial charge in [-0.3, -0.25) is 0 Å². The Balaban J connectivity index is 3.32. The van der Waals surface area contributed by atoms with Crippen molar-refractivity contribution in [3.8, 4) is 0 Å². The summed E-state index contributed by atoms with van der Waals surface area (Å²) in [6, 6.07) is 0. The van der Waals surface area contributed by atoms with E-state index in [-0.39, 0.29) is 0 Å². The second-order valence-electron chi connectivity index (χ2n) is 0.476. The van der Waals surface area contributed by atoms with Crippen LogP contribution in [-0.2, 0) is 39.9 Å². The molecule has 0 N–H and O–H groups in total. The molecule has 0 aromatic heterocycles. The second kappa shape index (κ2) is 3.53. The fourth-order valence-corrected chi connectivity index (χ4v) is 0.771. The molecule has 0 saturated carbocycles. The number of hydrogen-bond donors (Lipinski definition) is 0. The van der Waals surface area contributed by atoms with Gasteiger partial charge in [-0.05, 0) is 0 Å².